The van der Waals surface area contributed by atoms with E-state index < -0.39 is 69.6 Å². The fourth-order valence-corrected chi connectivity index (χ4v) is 4.52. The van der Waals surface area contributed by atoms with E-state index in [-0.39, 0.29) is 31.0 Å². The first-order valence-electron chi connectivity index (χ1n) is 10.5. The fourth-order valence-electron chi connectivity index (χ4n) is 4.52. The Hall–Kier alpha value is -3.57. The van der Waals surface area contributed by atoms with E-state index in [0.29, 0.717) is 5.56 Å². The lowest BCUT2D eigenvalue weighted by Gasteiger charge is -2.38. The number of aliphatic hydroxyl groups excluding tert-OH is 1. The number of allylic oxidation sites excluding steroid dienone is 1. The van der Waals surface area contributed by atoms with Crippen LogP contribution < -0.4 is 5.32 Å². The maximum Gasteiger partial charge on any atom is 0.334 e. The van der Waals surface area contributed by atoms with E-state index in [1.165, 1.54) is 11.8 Å². The summed E-state index contributed by atoms with van der Waals surface area (Å²) < 4.78 is 71.1. The molecule has 2 aliphatic heterocycles. The number of nitrogens with one attached hydrogen (secondary N) is 1. The number of benzene rings is 2. The van der Waals surface area contributed by atoms with Crippen molar-refractivity contribution in [2.45, 2.75) is 18.9 Å². The Morgan fingerprint density at radius 3 is 2.17 bits per heavy atom. The Labute approximate surface area is 196 Å². The molecule has 3 N–H and O–H groups in total. The maximum absolute atomic E-state index is 14.7. The molecule has 2 unspecified atom stereocenters. The van der Waals surface area contributed by atoms with Gasteiger partial charge < -0.3 is 15.5 Å². The van der Waals surface area contributed by atoms with Gasteiger partial charge in [-0.2, -0.15) is 0 Å². The summed E-state index contributed by atoms with van der Waals surface area (Å²) in [6, 6.07) is 8.58. The minimum Gasteiger partial charge on any atom is -0.478 e. The molecule has 0 aromatic heterocycles. The van der Waals surface area contributed by atoms with E-state index in [4.69, 9.17) is 0 Å². The number of ketones is 1. The molecule has 6 nitrogen and oxygen atoms in total. The van der Waals surface area contributed by atoms with Crippen molar-refractivity contribution in [3.63, 3.8) is 0 Å². The van der Waals surface area contributed by atoms with E-state index in [9.17, 15) is 41.8 Å². The Bertz CT molecular complexity index is 1260. The zero-order valence-electron chi connectivity index (χ0n) is 18.2. The first kappa shape index (κ1) is 24.6. The summed E-state index contributed by atoms with van der Waals surface area (Å²) in [5.41, 5.74) is -2.00. The monoisotopic (exact) mass is 494 g/mol. The Morgan fingerprint density at radius 1 is 1.03 bits per heavy atom. The molecule has 2 aromatic carbocycles. The molecular formula is C24H19F5N2O4. The van der Waals surface area contributed by atoms with Crippen LogP contribution in [0.2, 0.25) is 0 Å². The third-order valence-corrected chi connectivity index (χ3v) is 6.07. The van der Waals surface area contributed by atoms with Gasteiger partial charge in [0.05, 0.1) is 24.1 Å². The average molecular weight is 494 g/mol. The summed E-state index contributed by atoms with van der Waals surface area (Å²) in [4.78, 5) is 26.6. The lowest BCUT2D eigenvalue weighted by molar-refractivity contribution is -0.133. The Morgan fingerprint density at radius 2 is 1.60 bits per heavy atom. The largest absolute Gasteiger partial charge is 0.478 e. The topological polar surface area (TPSA) is 89.9 Å². The molecule has 2 aromatic rings. The molecule has 11 heteroatoms. The number of aliphatic hydroxyl groups is 1. The number of aliphatic carboxylic acids is 1. The van der Waals surface area contributed by atoms with Gasteiger partial charge in [0, 0.05) is 35.6 Å². The van der Waals surface area contributed by atoms with Crippen LogP contribution in [0.1, 0.15) is 30.1 Å². The summed E-state index contributed by atoms with van der Waals surface area (Å²) in [7, 11) is 0. The fraction of sp³-hybridized carbons (Fsp3) is 0.250. The number of rotatable bonds is 5. The van der Waals surface area contributed by atoms with Crippen molar-refractivity contribution in [2.24, 2.45) is 0 Å². The van der Waals surface area contributed by atoms with E-state index in [1.54, 1.807) is 30.3 Å². The molecule has 0 fully saturated rings. The highest BCUT2D eigenvalue weighted by Gasteiger charge is 2.44. The Balaban J connectivity index is 1.79. The SMILES string of the molecule is CC1=C(C(=O)O)C(c2c(F)c(F)c(F)c(F)c2F)C2=C(CN(CC(O)c3ccccc3)CC2=O)N1. The van der Waals surface area contributed by atoms with Crippen molar-refractivity contribution in [1.82, 2.24) is 10.2 Å². The second-order valence-electron chi connectivity index (χ2n) is 8.30. The minimum absolute atomic E-state index is 0.00401. The van der Waals surface area contributed by atoms with Crippen LogP contribution in [-0.4, -0.2) is 46.5 Å². The lowest BCUT2D eigenvalue weighted by atomic mass is 9.76. The number of carbonyl (C=O) groups is 2. The van der Waals surface area contributed by atoms with E-state index in [1.807, 2.05) is 0 Å². The van der Waals surface area contributed by atoms with Gasteiger partial charge in [-0.05, 0) is 12.5 Å². The first-order chi connectivity index (χ1) is 16.5. The number of Topliss-reactive ketones (excluding diaryl/α,β-unsaturated/α-hetero) is 1. The van der Waals surface area contributed by atoms with Crippen LogP contribution in [0.4, 0.5) is 22.0 Å². The molecule has 184 valence electrons. The van der Waals surface area contributed by atoms with Crippen LogP contribution in [0.15, 0.2) is 52.9 Å². The number of β-amino-alcohol motifs (C(OH)–C–C–N with tert-alkyl or cyclic N) is 1. The number of halogens is 5. The molecule has 0 saturated heterocycles. The first-order valence-corrected chi connectivity index (χ1v) is 10.5. The van der Waals surface area contributed by atoms with Crippen LogP contribution in [-0.2, 0) is 9.59 Å². The van der Waals surface area contributed by atoms with Crippen LogP contribution in [0, 0.1) is 29.1 Å². The number of carbonyl (C=O) groups excluding carboxylic acids is 1. The van der Waals surface area contributed by atoms with Crippen molar-refractivity contribution in [3.8, 4) is 0 Å². The van der Waals surface area contributed by atoms with Crippen molar-refractivity contribution >= 4 is 11.8 Å². The molecule has 0 spiro atoms. The van der Waals surface area contributed by atoms with Crippen molar-refractivity contribution < 1.29 is 41.8 Å². The maximum atomic E-state index is 14.7. The van der Waals surface area contributed by atoms with E-state index in [2.05, 4.69) is 5.32 Å². The zero-order valence-corrected chi connectivity index (χ0v) is 18.2. The van der Waals surface area contributed by atoms with Crippen LogP contribution in [0.25, 0.3) is 0 Å². The number of nitrogens with zero attached hydrogens (tertiary/aromatic N) is 1. The van der Waals surface area contributed by atoms with Crippen LogP contribution >= 0.6 is 0 Å². The van der Waals surface area contributed by atoms with Gasteiger partial charge in [-0.25, -0.2) is 26.7 Å². The lowest BCUT2D eigenvalue weighted by Crippen LogP contribution is -2.46. The van der Waals surface area contributed by atoms with Gasteiger partial charge >= 0.3 is 5.97 Å². The number of hydrogen-bond acceptors (Lipinski definition) is 5. The van der Waals surface area contributed by atoms with E-state index >= 15 is 0 Å². The number of carboxylic acid groups (broad SMARTS) is 1. The Kier molecular flexibility index (Phi) is 6.48. The smallest absolute Gasteiger partial charge is 0.334 e. The van der Waals surface area contributed by atoms with E-state index in [0.717, 1.165) is 0 Å². The summed E-state index contributed by atoms with van der Waals surface area (Å²) in [6.45, 7) is 0.813. The van der Waals surface area contributed by atoms with Crippen LogP contribution in [0.3, 0.4) is 0 Å². The van der Waals surface area contributed by atoms with Gasteiger partial charge in [0.25, 0.3) is 0 Å². The van der Waals surface area contributed by atoms with Gasteiger partial charge in [0.2, 0.25) is 5.82 Å². The van der Waals surface area contributed by atoms with Gasteiger partial charge in [-0.1, -0.05) is 30.3 Å². The molecule has 2 aliphatic rings. The van der Waals surface area contributed by atoms with Gasteiger partial charge in [0.15, 0.2) is 29.1 Å². The van der Waals surface area contributed by atoms with Crippen molar-refractivity contribution in [3.05, 3.63) is 93.1 Å². The molecule has 4 rings (SSSR count). The molecule has 0 bridgehead atoms. The quantitative estimate of drug-likeness (QED) is 0.336. The summed E-state index contributed by atoms with van der Waals surface area (Å²) in [5, 5.41) is 23.0. The van der Waals surface area contributed by atoms with Crippen molar-refractivity contribution in [2.75, 3.05) is 19.6 Å². The molecule has 0 saturated carbocycles. The predicted molar refractivity (Wildman–Crippen MR) is 112 cm³/mol. The van der Waals surface area contributed by atoms with Crippen LogP contribution in [0.5, 0.6) is 0 Å². The third kappa shape index (κ3) is 4.21. The number of hydrogen-bond donors (Lipinski definition) is 3. The molecule has 0 radical (unpaired) electrons. The highest BCUT2D eigenvalue weighted by Crippen LogP contribution is 2.43. The highest BCUT2D eigenvalue weighted by molar-refractivity contribution is 6.04. The predicted octanol–water partition coefficient (Wildman–Crippen LogP) is 3.30. The van der Waals surface area contributed by atoms with Gasteiger partial charge in [-0.15, -0.1) is 0 Å². The third-order valence-electron chi connectivity index (χ3n) is 6.07. The summed E-state index contributed by atoms with van der Waals surface area (Å²) >= 11 is 0. The molecule has 0 aliphatic carbocycles. The summed E-state index contributed by atoms with van der Waals surface area (Å²) in [5.74, 6) is -15.8. The second-order valence-corrected chi connectivity index (χ2v) is 8.30. The molecular weight excluding hydrogens is 475 g/mol. The van der Waals surface area contributed by atoms with Gasteiger partial charge in [0.1, 0.15) is 0 Å². The molecule has 35 heavy (non-hydrogen) atoms. The standard InChI is InChI=1S/C24H19F5N2O4/c1-10-15(24(34)35)17(18-19(25)21(27)23(29)22(28)20(18)26)16-12(30-10)7-31(9-14(16)33)8-13(32)11-5-3-2-4-6-11/h2-6,13,17,30,32H,7-9H2,1H3,(H,34,35). The highest BCUT2D eigenvalue weighted by atomic mass is 19.2. The average Bonchev–Trinajstić information content (AvgIpc) is 2.81. The second kappa shape index (κ2) is 9.23. The van der Waals surface area contributed by atoms with Gasteiger partial charge in [-0.3, -0.25) is 9.69 Å². The molecule has 2 atom stereocenters. The molecule has 2 heterocycles. The zero-order chi connectivity index (χ0) is 25.6. The minimum atomic E-state index is -2.39. The molecule has 0 amide bonds. The number of dihydropyridines is 1. The van der Waals surface area contributed by atoms with Crippen molar-refractivity contribution in [1.29, 1.82) is 0 Å². The normalized spacial score (nSPS) is 19.5. The summed E-state index contributed by atoms with van der Waals surface area (Å²) in [6.07, 6.45) is -0.980. The number of carboxylic acids is 1.